The van der Waals surface area contributed by atoms with Gasteiger partial charge in [-0.05, 0) is 22.9 Å². The van der Waals surface area contributed by atoms with Crippen LogP contribution in [0.5, 0.6) is 0 Å². The summed E-state index contributed by atoms with van der Waals surface area (Å²) >= 11 is 7.44. The van der Waals surface area contributed by atoms with Crippen molar-refractivity contribution in [3.8, 4) is 0 Å². The fraction of sp³-hybridized carbons (Fsp3) is 0.0667. The zero-order valence-electron chi connectivity index (χ0n) is 10.5. The molecule has 0 radical (unpaired) electrons. The summed E-state index contributed by atoms with van der Waals surface area (Å²) in [5.41, 5.74) is 0.562. The minimum absolute atomic E-state index is 0.171. The summed E-state index contributed by atoms with van der Waals surface area (Å²) in [7, 11) is 0. The van der Waals surface area contributed by atoms with Gasteiger partial charge >= 0.3 is 0 Å². The van der Waals surface area contributed by atoms with Crippen LogP contribution in [0, 0.1) is 0 Å². The number of aliphatic hydroxyl groups is 1. The first-order chi connectivity index (χ1) is 9.78. The van der Waals surface area contributed by atoms with Crippen LogP contribution < -0.4 is 0 Å². The third-order valence-corrected chi connectivity index (χ3v) is 4.31. The summed E-state index contributed by atoms with van der Waals surface area (Å²) in [6.45, 7) is -0.171. The standard InChI is InChI=1S/C15H11ClN2OS/c16-14-13(8-19)15(18-9-17-14)20-12-6-5-10-3-1-2-4-11(10)7-12/h1-7,9,19H,8H2. The maximum absolute atomic E-state index is 9.37. The van der Waals surface area contributed by atoms with Crippen molar-refractivity contribution in [1.29, 1.82) is 0 Å². The number of halogens is 1. The van der Waals surface area contributed by atoms with Crippen molar-refractivity contribution in [3.05, 3.63) is 59.5 Å². The van der Waals surface area contributed by atoms with E-state index in [4.69, 9.17) is 11.6 Å². The Bertz CT molecular complexity index is 764. The van der Waals surface area contributed by atoms with E-state index >= 15 is 0 Å². The van der Waals surface area contributed by atoms with Gasteiger partial charge in [-0.3, -0.25) is 0 Å². The molecular weight excluding hydrogens is 292 g/mol. The lowest BCUT2D eigenvalue weighted by Gasteiger charge is -2.07. The van der Waals surface area contributed by atoms with Gasteiger partial charge < -0.3 is 5.11 Å². The fourth-order valence-electron chi connectivity index (χ4n) is 1.94. The highest BCUT2D eigenvalue weighted by atomic mass is 35.5. The molecule has 3 rings (SSSR count). The van der Waals surface area contributed by atoms with Gasteiger partial charge in [0.1, 0.15) is 16.5 Å². The number of benzene rings is 2. The Morgan fingerprint density at radius 1 is 1.05 bits per heavy atom. The molecule has 3 nitrogen and oxygen atoms in total. The van der Waals surface area contributed by atoms with Gasteiger partial charge in [0.05, 0.1) is 6.61 Å². The normalized spacial score (nSPS) is 10.9. The number of fused-ring (bicyclic) bond motifs is 1. The summed E-state index contributed by atoms with van der Waals surface area (Å²) < 4.78 is 0. The average molecular weight is 303 g/mol. The number of rotatable bonds is 3. The molecule has 100 valence electrons. The molecule has 1 heterocycles. The van der Waals surface area contributed by atoms with Crippen molar-refractivity contribution in [1.82, 2.24) is 9.97 Å². The average Bonchev–Trinajstić information content (AvgIpc) is 2.47. The van der Waals surface area contributed by atoms with E-state index in [0.717, 1.165) is 4.90 Å². The minimum Gasteiger partial charge on any atom is -0.391 e. The highest BCUT2D eigenvalue weighted by Gasteiger charge is 2.10. The Labute approximate surface area is 125 Å². The van der Waals surface area contributed by atoms with E-state index in [0.29, 0.717) is 15.7 Å². The summed E-state index contributed by atoms with van der Waals surface area (Å²) in [5, 5.41) is 12.7. The number of hydrogen-bond donors (Lipinski definition) is 1. The van der Waals surface area contributed by atoms with E-state index in [9.17, 15) is 5.11 Å². The van der Waals surface area contributed by atoms with Gasteiger partial charge in [-0.2, -0.15) is 0 Å². The molecule has 0 fully saturated rings. The van der Waals surface area contributed by atoms with Crippen LogP contribution in [0.1, 0.15) is 5.56 Å². The maximum Gasteiger partial charge on any atom is 0.139 e. The second-order valence-corrected chi connectivity index (χ2v) is 5.64. The molecular formula is C15H11ClN2OS. The molecule has 3 aromatic rings. The number of aliphatic hydroxyl groups excluding tert-OH is 1. The van der Waals surface area contributed by atoms with Crippen LogP contribution in [0.25, 0.3) is 10.8 Å². The Hall–Kier alpha value is -1.62. The maximum atomic E-state index is 9.37. The van der Waals surface area contributed by atoms with Gasteiger partial charge in [0.2, 0.25) is 0 Å². The number of aromatic nitrogens is 2. The molecule has 5 heteroatoms. The molecule has 0 spiro atoms. The third-order valence-electron chi connectivity index (χ3n) is 2.95. The lowest BCUT2D eigenvalue weighted by Crippen LogP contribution is -1.95. The number of hydrogen-bond acceptors (Lipinski definition) is 4. The first-order valence-corrected chi connectivity index (χ1v) is 7.24. The summed E-state index contributed by atoms with van der Waals surface area (Å²) in [6, 6.07) is 14.4. The van der Waals surface area contributed by atoms with Gasteiger partial charge in [0.25, 0.3) is 0 Å². The van der Waals surface area contributed by atoms with Crippen LogP contribution >= 0.6 is 23.4 Å². The molecule has 0 saturated heterocycles. The first-order valence-electron chi connectivity index (χ1n) is 6.05. The van der Waals surface area contributed by atoms with E-state index in [1.807, 2.05) is 18.2 Å². The number of nitrogens with zero attached hydrogens (tertiary/aromatic N) is 2. The monoisotopic (exact) mass is 302 g/mol. The molecule has 0 aliphatic heterocycles. The highest BCUT2D eigenvalue weighted by molar-refractivity contribution is 7.99. The molecule has 20 heavy (non-hydrogen) atoms. The SMILES string of the molecule is OCc1c(Cl)ncnc1Sc1ccc2ccccc2c1. The van der Waals surface area contributed by atoms with Gasteiger partial charge in [0.15, 0.2) is 0 Å². The Balaban J connectivity index is 1.99. The molecule has 1 N–H and O–H groups in total. The molecule has 2 aromatic carbocycles. The largest absolute Gasteiger partial charge is 0.391 e. The lowest BCUT2D eigenvalue weighted by molar-refractivity contribution is 0.277. The van der Waals surface area contributed by atoms with Crippen molar-refractivity contribution >= 4 is 34.1 Å². The zero-order chi connectivity index (χ0) is 13.9. The molecule has 1 aromatic heterocycles. The molecule has 0 saturated carbocycles. The van der Waals surface area contributed by atoms with Crippen molar-refractivity contribution in [3.63, 3.8) is 0 Å². The van der Waals surface area contributed by atoms with Gasteiger partial charge in [-0.1, -0.05) is 53.7 Å². The molecule has 0 amide bonds. The van der Waals surface area contributed by atoms with Crippen molar-refractivity contribution in [2.24, 2.45) is 0 Å². The minimum atomic E-state index is -0.171. The predicted octanol–water partition coefficient (Wildman–Crippen LogP) is 3.93. The first kappa shape index (κ1) is 13.4. The fourth-order valence-corrected chi connectivity index (χ4v) is 3.12. The van der Waals surface area contributed by atoms with Gasteiger partial charge in [-0.15, -0.1) is 0 Å². The van der Waals surface area contributed by atoms with Gasteiger partial charge in [-0.25, -0.2) is 9.97 Å². The van der Waals surface area contributed by atoms with E-state index < -0.39 is 0 Å². The van der Waals surface area contributed by atoms with Gasteiger partial charge in [0, 0.05) is 10.5 Å². The Morgan fingerprint density at radius 2 is 1.85 bits per heavy atom. The zero-order valence-corrected chi connectivity index (χ0v) is 12.0. The van der Waals surface area contributed by atoms with Crippen LogP contribution in [0.4, 0.5) is 0 Å². The quantitative estimate of drug-likeness (QED) is 0.745. The van der Waals surface area contributed by atoms with Crippen LogP contribution in [0.15, 0.2) is 58.7 Å². The van der Waals surface area contributed by atoms with Crippen LogP contribution in [-0.4, -0.2) is 15.1 Å². The topological polar surface area (TPSA) is 46.0 Å². The smallest absolute Gasteiger partial charge is 0.139 e. The van der Waals surface area contributed by atoms with E-state index in [1.165, 1.54) is 28.9 Å². The van der Waals surface area contributed by atoms with Crippen LogP contribution in [0.2, 0.25) is 5.15 Å². The predicted molar refractivity (Wildman–Crippen MR) is 81.0 cm³/mol. The molecule has 0 aliphatic carbocycles. The summed E-state index contributed by atoms with van der Waals surface area (Å²) in [6.07, 6.45) is 1.41. The van der Waals surface area contributed by atoms with Crippen molar-refractivity contribution in [2.75, 3.05) is 0 Å². The van der Waals surface area contributed by atoms with E-state index in [1.54, 1.807) is 0 Å². The van der Waals surface area contributed by atoms with E-state index in [2.05, 4.69) is 34.2 Å². The van der Waals surface area contributed by atoms with Crippen molar-refractivity contribution in [2.45, 2.75) is 16.5 Å². The Kier molecular flexibility index (Phi) is 3.87. The summed E-state index contributed by atoms with van der Waals surface area (Å²) in [4.78, 5) is 9.13. The lowest BCUT2D eigenvalue weighted by atomic mass is 10.1. The molecule has 0 aliphatic rings. The van der Waals surface area contributed by atoms with Crippen LogP contribution in [-0.2, 0) is 6.61 Å². The van der Waals surface area contributed by atoms with Crippen LogP contribution in [0.3, 0.4) is 0 Å². The molecule has 0 unspecified atom stereocenters. The third kappa shape index (κ3) is 2.63. The van der Waals surface area contributed by atoms with E-state index in [-0.39, 0.29) is 6.61 Å². The Morgan fingerprint density at radius 3 is 2.65 bits per heavy atom. The molecule has 0 bridgehead atoms. The highest BCUT2D eigenvalue weighted by Crippen LogP contribution is 2.32. The second kappa shape index (κ2) is 5.79. The van der Waals surface area contributed by atoms with Crippen molar-refractivity contribution < 1.29 is 5.11 Å². The second-order valence-electron chi connectivity index (χ2n) is 4.22. The summed E-state index contributed by atoms with van der Waals surface area (Å²) in [5.74, 6) is 0. The molecule has 0 atom stereocenters.